The van der Waals surface area contributed by atoms with Crippen molar-refractivity contribution in [2.45, 2.75) is 12.5 Å². The largest absolute Gasteiger partial charge is 0.480 e. The molecular formula is C7H11N3O4Pd. The van der Waals surface area contributed by atoms with Gasteiger partial charge in [-0.25, -0.2) is 4.79 Å². The quantitative estimate of drug-likeness (QED) is 0.170. The first-order valence-electron chi connectivity index (χ1n) is 3.61. The Morgan fingerprint density at radius 1 is 1.67 bits per heavy atom. The summed E-state index contributed by atoms with van der Waals surface area (Å²) in [5, 5.41) is 17.5. The Bertz CT molecular complexity index is 269. The van der Waals surface area contributed by atoms with Gasteiger partial charge in [0, 0.05) is 20.4 Å². The molecule has 0 amide bonds. The number of hydrogen-bond donors (Lipinski definition) is 4. The van der Waals surface area contributed by atoms with Gasteiger partial charge in [-0.2, -0.15) is 0 Å². The molecule has 1 unspecified atom stereocenters. The first-order chi connectivity index (χ1) is 6.47. The van der Waals surface area contributed by atoms with E-state index in [2.05, 4.69) is 16.6 Å². The maximum absolute atomic E-state index is 10.8. The summed E-state index contributed by atoms with van der Waals surface area (Å²) in [7, 11) is 0. The van der Waals surface area contributed by atoms with Gasteiger partial charge in [0.05, 0.1) is 12.7 Å². The molecule has 0 aliphatic carbocycles. The van der Waals surface area contributed by atoms with E-state index in [1.807, 2.05) is 0 Å². The van der Waals surface area contributed by atoms with Gasteiger partial charge in [-0.1, -0.05) is 6.58 Å². The maximum atomic E-state index is 10.8. The molecule has 0 aromatic rings. The maximum Gasteiger partial charge on any atom is 0.326 e. The number of ether oxygens (including phenoxy) is 1. The van der Waals surface area contributed by atoms with Gasteiger partial charge in [0.15, 0.2) is 5.96 Å². The van der Waals surface area contributed by atoms with Crippen molar-refractivity contribution >= 4 is 17.9 Å². The Balaban J connectivity index is 0. The average molecular weight is 308 g/mol. The molecule has 0 radical (unpaired) electrons. The predicted octanol–water partition coefficient (Wildman–Crippen LogP) is -1.00. The fourth-order valence-electron chi connectivity index (χ4n) is 0.696. The minimum Gasteiger partial charge on any atom is -0.480 e. The second-order valence-corrected chi connectivity index (χ2v) is 2.31. The first-order valence-corrected chi connectivity index (χ1v) is 3.61. The number of nitrogens with one attached hydrogen (secondary N) is 2. The number of esters is 1. The van der Waals surface area contributed by atoms with Crippen LogP contribution in [-0.2, 0) is 34.7 Å². The Morgan fingerprint density at radius 2 is 2.20 bits per heavy atom. The Hall–Kier alpha value is -1.39. The van der Waals surface area contributed by atoms with Crippen molar-refractivity contribution in [3.8, 4) is 0 Å². The van der Waals surface area contributed by atoms with Crippen LogP contribution in [0.25, 0.3) is 0 Å². The zero-order valence-corrected chi connectivity index (χ0v) is 9.19. The van der Waals surface area contributed by atoms with Crippen LogP contribution in [0.4, 0.5) is 0 Å². The van der Waals surface area contributed by atoms with Crippen molar-refractivity contribution in [1.29, 1.82) is 5.41 Å². The van der Waals surface area contributed by atoms with Gasteiger partial charge in [-0.05, 0) is 0 Å². The molecule has 0 saturated carbocycles. The molecule has 0 aromatic heterocycles. The van der Waals surface area contributed by atoms with Gasteiger partial charge < -0.3 is 20.9 Å². The van der Waals surface area contributed by atoms with Crippen LogP contribution in [-0.4, -0.2) is 29.0 Å². The summed E-state index contributed by atoms with van der Waals surface area (Å²) < 4.78 is 4.31. The summed E-state index contributed by atoms with van der Waals surface area (Å²) in [6.45, 7) is 3.14. The molecule has 88 valence electrons. The van der Waals surface area contributed by atoms with Crippen LogP contribution >= 0.6 is 0 Å². The van der Waals surface area contributed by atoms with E-state index in [9.17, 15) is 9.59 Å². The van der Waals surface area contributed by atoms with E-state index < -0.39 is 30.4 Å². The number of carbonyl (C=O) groups excluding carboxylic acids is 1. The Labute approximate surface area is 99.8 Å². The van der Waals surface area contributed by atoms with Crippen molar-refractivity contribution in [3.05, 3.63) is 12.8 Å². The summed E-state index contributed by atoms with van der Waals surface area (Å²) in [6, 6.07) is -1.26. The number of guanidine groups is 1. The van der Waals surface area contributed by atoms with E-state index in [4.69, 9.17) is 16.2 Å². The number of hydrogen-bond acceptors (Lipinski definition) is 4. The SMILES string of the molecule is C=COC(=O)CC(NC(=N)N)C(=O)O.[Pd]. The molecule has 0 aliphatic rings. The summed E-state index contributed by atoms with van der Waals surface area (Å²) >= 11 is 0. The molecule has 0 aromatic carbocycles. The predicted molar refractivity (Wildman–Crippen MR) is 47.4 cm³/mol. The van der Waals surface area contributed by atoms with Crippen LogP contribution in [0.5, 0.6) is 0 Å². The standard InChI is InChI=1S/C7H11N3O4.Pd/c1-2-14-5(11)3-4(6(12)13)10-7(8)9;/h2,4H,1,3H2,(H,12,13)(H4,8,9,10);. The van der Waals surface area contributed by atoms with E-state index in [0.717, 1.165) is 6.26 Å². The number of nitrogens with two attached hydrogens (primary N) is 1. The Morgan fingerprint density at radius 3 is 2.53 bits per heavy atom. The Kier molecular flexibility index (Phi) is 8.53. The zero-order chi connectivity index (χ0) is 11.1. The third-order valence-corrected chi connectivity index (χ3v) is 1.21. The molecule has 8 heteroatoms. The molecule has 7 nitrogen and oxygen atoms in total. The molecule has 0 rings (SSSR count). The van der Waals surface area contributed by atoms with Crippen molar-refractivity contribution in [2.24, 2.45) is 5.73 Å². The number of rotatable bonds is 5. The van der Waals surface area contributed by atoms with Crippen molar-refractivity contribution < 1.29 is 39.9 Å². The summed E-state index contributed by atoms with van der Waals surface area (Å²) in [6.07, 6.45) is 0.468. The molecule has 15 heavy (non-hydrogen) atoms. The van der Waals surface area contributed by atoms with E-state index in [1.54, 1.807) is 0 Å². The van der Waals surface area contributed by atoms with Gasteiger partial charge >= 0.3 is 11.9 Å². The minimum absolute atomic E-state index is 0. The number of carboxylic acid groups (broad SMARTS) is 1. The van der Waals surface area contributed by atoms with E-state index >= 15 is 0 Å². The molecular weight excluding hydrogens is 297 g/mol. The summed E-state index contributed by atoms with van der Waals surface area (Å²) in [4.78, 5) is 21.4. The minimum atomic E-state index is -1.29. The molecule has 0 aliphatic heterocycles. The van der Waals surface area contributed by atoms with E-state index in [-0.39, 0.29) is 20.4 Å². The fraction of sp³-hybridized carbons (Fsp3) is 0.286. The van der Waals surface area contributed by atoms with E-state index in [1.165, 1.54) is 0 Å². The van der Waals surface area contributed by atoms with Crippen LogP contribution < -0.4 is 11.1 Å². The molecule has 1 atom stereocenters. The molecule has 0 fully saturated rings. The number of aliphatic carboxylic acids is 1. The van der Waals surface area contributed by atoms with Gasteiger partial charge in [-0.15, -0.1) is 0 Å². The summed E-state index contributed by atoms with van der Waals surface area (Å²) in [5.74, 6) is -2.58. The van der Waals surface area contributed by atoms with Gasteiger partial charge in [-0.3, -0.25) is 10.2 Å². The van der Waals surface area contributed by atoms with Crippen LogP contribution in [0, 0.1) is 5.41 Å². The zero-order valence-electron chi connectivity index (χ0n) is 7.63. The fourth-order valence-corrected chi connectivity index (χ4v) is 0.696. The molecule has 5 N–H and O–H groups in total. The third kappa shape index (κ3) is 7.67. The topological polar surface area (TPSA) is 126 Å². The number of carbonyl (C=O) groups is 2. The first kappa shape index (κ1) is 16.1. The van der Waals surface area contributed by atoms with Crippen molar-refractivity contribution in [2.75, 3.05) is 0 Å². The van der Waals surface area contributed by atoms with Crippen LogP contribution in [0.1, 0.15) is 6.42 Å². The average Bonchev–Trinajstić information content (AvgIpc) is 2.02. The molecule has 0 spiro atoms. The van der Waals surface area contributed by atoms with Gasteiger partial charge in [0.25, 0.3) is 0 Å². The second-order valence-electron chi connectivity index (χ2n) is 2.31. The van der Waals surface area contributed by atoms with Gasteiger partial charge in [0.1, 0.15) is 6.04 Å². The van der Waals surface area contributed by atoms with Gasteiger partial charge in [0.2, 0.25) is 0 Å². The third-order valence-electron chi connectivity index (χ3n) is 1.21. The van der Waals surface area contributed by atoms with Crippen LogP contribution in [0.2, 0.25) is 0 Å². The molecule has 0 saturated heterocycles. The smallest absolute Gasteiger partial charge is 0.326 e. The van der Waals surface area contributed by atoms with E-state index in [0.29, 0.717) is 0 Å². The van der Waals surface area contributed by atoms with Crippen LogP contribution in [0.15, 0.2) is 12.8 Å². The number of carboxylic acids is 1. The monoisotopic (exact) mass is 307 g/mol. The van der Waals surface area contributed by atoms with Crippen molar-refractivity contribution in [3.63, 3.8) is 0 Å². The van der Waals surface area contributed by atoms with Crippen molar-refractivity contribution in [1.82, 2.24) is 5.32 Å². The van der Waals surface area contributed by atoms with Crippen LogP contribution in [0.3, 0.4) is 0 Å². The molecule has 0 heterocycles. The molecule has 0 bridgehead atoms. The summed E-state index contributed by atoms with van der Waals surface area (Å²) in [5.41, 5.74) is 4.92. The normalized spacial score (nSPS) is 10.4. The second kappa shape index (κ2) is 7.97.